The van der Waals surface area contributed by atoms with Crippen LogP contribution in [-0.4, -0.2) is 24.9 Å². The third kappa shape index (κ3) is 3.68. The summed E-state index contributed by atoms with van der Waals surface area (Å²) in [5.74, 6) is 0.757. The molecule has 0 aliphatic carbocycles. The van der Waals surface area contributed by atoms with Crippen molar-refractivity contribution in [3.8, 4) is 0 Å². The standard InChI is InChI=1S/C12H15N2O6P/c1-2-12(6-8-21(17,18)19)5-3-10(20-12)14-7-4-9(15)13-11(14)16/h2,4,6-8,10H,1,3,5H2,(H,13,15,16)(H2,17,18,19)/b8-6+. The summed E-state index contributed by atoms with van der Waals surface area (Å²) in [7, 11) is -4.31. The first-order chi connectivity index (χ1) is 9.75. The van der Waals surface area contributed by atoms with E-state index in [1.165, 1.54) is 29.0 Å². The van der Waals surface area contributed by atoms with Gasteiger partial charge in [0.25, 0.3) is 5.56 Å². The maximum atomic E-state index is 11.7. The van der Waals surface area contributed by atoms with Crippen LogP contribution in [0.4, 0.5) is 0 Å². The number of aromatic nitrogens is 2. The smallest absolute Gasteiger partial charge is 0.343 e. The van der Waals surface area contributed by atoms with Crippen molar-refractivity contribution in [1.82, 2.24) is 9.55 Å². The number of nitrogens with one attached hydrogen (secondary N) is 1. The van der Waals surface area contributed by atoms with Crippen LogP contribution in [-0.2, 0) is 9.30 Å². The van der Waals surface area contributed by atoms with Crippen LogP contribution in [0.2, 0.25) is 0 Å². The molecule has 2 heterocycles. The predicted molar refractivity (Wildman–Crippen MR) is 74.8 cm³/mol. The molecule has 8 nitrogen and oxygen atoms in total. The maximum absolute atomic E-state index is 11.7. The van der Waals surface area contributed by atoms with E-state index in [1.54, 1.807) is 0 Å². The molecule has 21 heavy (non-hydrogen) atoms. The lowest BCUT2D eigenvalue weighted by molar-refractivity contribution is -0.0190. The summed E-state index contributed by atoms with van der Waals surface area (Å²) in [6.07, 6.45) is 4.19. The Morgan fingerprint density at radius 2 is 2.24 bits per heavy atom. The van der Waals surface area contributed by atoms with Gasteiger partial charge in [-0.25, -0.2) is 4.79 Å². The normalized spacial score (nSPS) is 26.3. The van der Waals surface area contributed by atoms with Gasteiger partial charge in [0.1, 0.15) is 11.8 Å². The van der Waals surface area contributed by atoms with E-state index >= 15 is 0 Å². The van der Waals surface area contributed by atoms with Crippen LogP contribution in [0.5, 0.6) is 0 Å². The van der Waals surface area contributed by atoms with Gasteiger partial charge in [0.2, 0.25) is 0 Å². The lowest BCUT2D eigenvalue weighted by Gasteiger charge is -2.22. The number of H-pyrrole nitrogens is 1. The van der Waals surface area contributed by atoms with Crippen LogP contribution in [0, 0.1) is 0 Å². The van der Waals surface area contributed by atoms with E-state index in [2.05, 4.69) is 11.6 Å². The summed E-state index contributed by atoms with van der Waals surface area (Å²) in [4.78, 5) is 42.6. The topological polar surface area (TPSA) is 122 Å². The molecule has 2 rings (SSSR count). The lowest BCUT2D eigenvalue weighted by Crippen LogP contribution is -2.32. The highest BCUT2D eigenvalue weighted by Gasteiger charge is 2.37. The average Bonchev–Trinajstić information content (AvgIpc) is 2.81. The first-order valence-electron chi connectivity index (χ1n) is 6.13. The molecule has 1 saturated heterocycles. The molecule has 0 saturated carbocycles. The number of nitrogens with zero attached hydrogens (tertiary/aromatic N) is 1. The van der Waals surface area contributed by atoms with Crippen LogP contribution in [0.3, 0.4) is 0 Å². The minimum absolute atomic E-state index is 0.406. The van der Waals surface area contributed by atoms with Crippen molar-refractivity contribution in [2.45, 2.75) is 24.7 Å². The molecule has 2 unspecified atom stereocenters. The molecular formula is C12H15N2O6P. The second kappa shape index (κ2) is 5.57. The van der Waals surface area contributed by atoms with Gasteiger partial charge in [-0.1, -0.05) is 12.7 Å². The SMILES string of the molecule is C=CC1(/C=C/P(=O)(O)O)CCC(n2ccc(=O)[nH]c2=O)O1. The lowest BCUT2D eigenvalue weighted by atomic mass is 10.0. The third-order valence-corrected chi connectivity index (χ3v) is 3.73. The molecule has 1 aromatic heterocycles. The predicted octanol–water partition coefficient (Wildman–Crippen LogP) is 0.462. The molecule has 1 aliphatic rings. The number of ether oxygens (including phenoxy) is 1. The quantitative estimate of drug-likeness (QED) is 0.548. The number of rotatable bonds is 4. The van der Waals surface area contributed by atoms with Crippen molar-refractivity contribution in [2.24, 2.45) is 0 Å². The molecule has 1 aliphatic heterocycles. The highest BCUT2D eigenvalue weighted by Crippen LogP contribution is 2.42. The summed E-state index contributed by atoms with van der Waals surface area (Å²) >= 11 is 0. The van der Waals surface area contributed by atoms with E-state index in [0.717, 1.165) is 5.82 Å². The largest absolute Gasteiger partial charge is 0.348 e. The van der Waals surface area contributed by atoms with Crippen LogP contribution in [0.1, 0.15) is 19.1 Å². The molecule has 114 valence electrons. The Kier molecular flexibility index (Phi) is 4.15. The Balaban J connectivity index is 2.27. The highest BCUT2D eigenvalue weighted by molar-refractivity contribution is 7.55. The molecule has 0 aromatic carbocycles. The molecule has 1 aromatic rings. The van der Waals surface area contributed by atoms with Gasteiger partial charge in [-0.3, -0.25) is 18.9 Å². The second-order valence-corrected chi connectivity index (χ2v) is 6.17. The van der Waals surface area contributed by atoms with E-state index < -0.39 is 30.7 Å². The molecular weight excluding hydrogens is 299 g/mol. The fourth-order valence-corrected chi connectivity index (χ4v) is 2.58. The molecule has 2 atom stereocenters. The molecule has 0 amide bonds. The van der Waals surface area contributed by atoms with Crippen molar-refractivity contribution >= 4 is 7.60 Å². The average molecular weight is 314 g/mol. The zero-order chi connectivity index (χ0) is 15.7. The summed E-state index contributed by atoms with van der Waals surface area (Å²) in [5.41, 5.74) is -2.17. The zero-order valence-electron chi connectivity index (χ0n) is 11.0. The molecule has 9 heteroatoms. The van der Waals surface area contributed by atoms with E-state index in [4.69, 9.17) is 14.5 Å². The Morgan fingerprint density at radius 1 is 1.52 bits per heavy atom. The second-order valence-electron chi connectivity index (χ2n) is 4.69. The van der Waals surface area contributed by atoms with Gasteiger partial charge in [-0.05, 0) is 18.9 Å². The van der Waals surface area contributed by atoms with Gasteiger partial charge < -0.3 is 14.5 Å². The van der Waals surface area contributed by atoms with Crippen molar-refractivity contribution < 1.29 is 19.1 Å². The van der Waals surface area contributed by atoms with Gasteiger partial charge in [-0.2, -0.15) is 0 Å². The Hall–Kier alpha value is -1.73. The highest BCUT2D eigenvalue weighted by atomic mass is 31.2. The molecule has 1 fully saturated rings. The number of hydrogen-bond acceptors (Lipinski definition) is 4. The van der Waals surface area contributed by atoms with Gasteiger partial charge in [0, 0.05) is 18.1 Å². The zero-order valence-corrected chi connectivity index (χ0v) is 11.9. The van der Waals surface area contributed by atoms with E-state index in [0.29, 0.717) is 12.8 Å². The maximum Gasteiger partial charge on any atom is 0.348 e. The Bertz CT molecular complexity index is 730. The molecule has 0 bridgehead atoms. The van der Waals surface area contributed by atoms with Gasteiger partial charge in [0.15, 0.2) is 0 Å². The fourth-order valence-electron chi connectivity index (χ4n) is 2.13. The Labute approximate surface area is 119 Å². The first kappa shape index (κ1) is 15.7. The van der Waals surface area contributed by atoms with Gasteiger partial charge >= 0.3 is 13.3 Å². The first-order valence-corrected chi connectivity index (χ1v) is 7.81. The summed E-state index contributed by atoms with van der Waals surface area (Å²) in [6, 6.07) is 1.20. The molecule has 0 spiro atoms. The van der Waals surface area contributed by atoms with Crippen LogP contribution in [0.15, 0.2) is 46.4 Å². The molecule has 3 N–H and O–H groups in total. The minimum Gasteiger partial charge on any atom is -0.343 e. The number of aromatic amines is 1. The summed E-state index contributed by atoms with van der Waals surface area (Å²) in [5, 5.41) is 0. The van der Waals surface area contributed by atoms with E-state index in [1.807, 2.05) is 0 Å². The summed E-state index contributed by atoms with van der Waals surface area (Å²) in [6.45, 7) is 3.61. The van der Waals surface area contributed by atoms with Crippen molar-refractivity contribution in [1.29, 1.82) is 0 Å². The van der Waals surface area contributed by atoms with Crippen molar-refractivity contribution in [3.05, 3.63) is 57.6 Å². The minimum atomic E-state index is -4.31. The van der Waals surface area contributed by atoms with Gasteiger partial charge in [0.05, 0.1) is 0 Å². The number of hydrogen-bond donors (Lipinski definition) is 3. The monoisotopic (exact) mass is 314 g/mol. The fraction of sp³-hybridized carbons (Fsp3) is 0.333. The summed E-state index contributed by atoms with van der Waals surface area (Å²) < 4.78 is 17.8. The van der Waals surface area contributed by atoms with Gasteiger partial charge in [-0.15, -0.1) is 0 Å². The van der Waals surface area contributed by atoms with Crippen molar-refractivity contribution in [3.63, 3.8) is 0 Å². The van der Waals surface area contributed by atoms with Crippen LogP contribution in [0.25, 0.3) is 0 Å². The van der Waals surface area contributed by atoms with Crippen molar-refractivity contribution in [2.75, 3.05) is 0 Å². The Morgan fingerprint density at radius 3 is 2.81 bits per heavy atom. The van der Waals surface area contributed by atoms with E-state index in [-0.39, 0.29) is 0 Å². The van der Waals surface area contributed by atoms with Crippen LogP contribution < -0.4 is 11.2 Å². The third-order valence-electron chi connectivity index (χ3n) is 3.20. The van der Waals surface area contributed by atoms with Crippen LogP contribution >= 0.6 is 7.60 Å². The molecule has 0 radical (unpaired) electrons. The van der Waals surface area contributed by atoms with E-state index in [9.17, 15) is 14.2 Å².